The van der Waals surface area contributed by atoms with E-state index in [2.05, 4.69) is 19.2 Å². The summed E-state index contributed by atoms with van der Waals surface area (Å²) >= 11 is 6.06. The predicted octanol–water partition coefficient (Wildman–Crippen LogP) is 5.30. The zero-order valence-electron chi connectivity index (χ0n) is 18.5. The van der Waals surface area contributed by atoms with Crippen molar-refractivity contribution in [2.45, 2.75) is 34.1 Å². The number of nitrogens with zero attached hydrogens (tertiary/aromatic N) is 2. The summed E-state index contributed by atoms with van der Waals surface area (Å²) in [5.74, 6) is 0.418. The maximum Gasteiger partial charge on any atom is 0.270 e. The maximum atomic E-state index is 13.1. The summed E-state index contributed by atoms with van der Waals surface area (Å²) < 4.78 is 5.95. The van der Waals surface area contributed by atoms with Gasteiger partial charge in [-0.05, 0) is 44.4 Å². The third kappa shape index (κ3) is 5.02. The largest absolute Gasteiger partial charge is 0.490 e. The van der Waals surface area contributed by atoms with Gasteiger partial charge in [0.2, 0.25) is 5.91 Å². The highest BCUT2D eigenvalue weighted by Gasteiger charge is 2.37. The SMILES string of the molecule is CC(C)CCN1C(=O)C(C)(C)COc2cc(NC(=O)c3ccc([N+](=O)[O-])cc3Cl)ccc21. The lowest BCUT2D eigenvalue weighted by molar-refractivity contribution is -0.384. The Hall–Kier alpha value is -3.13. The minimum absolute atomic E-state index is 0.00801. The molecular weight excluding hydrogens is 434 g/mol. The summed E-state index contributed by atoms with van der Waals surface area (Å²) in [5, 5.41) is 13.6. The average Bonchev–Trinajstić information content (AvgIpc) is 2.81. The molecule has 8 nitrogen and oxygen atoms in total. The fourth-order valence-corrected chi connectivity index (χ4v) is 3.60. The molecule has 0 aromatic heterocycles. The van der Waals surface area contributed by atoms with Crippen LogP contribution in [0.5, 0.6) is 5.75 Å². The highest BCUT2D eigenvalue weighted by atomic mass is 35.5. The Balaban J connectivity index is 1.87. The van der Waals surface area contributed by atoms with Crippen LogP contribution < -0.4 is 15.0 Å². The molecule has 0 fully saturated rings. The Kier molecular flexibility index (Phi) is 6.74. The zero-order valence-corrected chi connectivity index (χ0v) is 19.2. The van der Waals surface area contributed by atoms with Crippen molar-refractivity contribution < 1.29 is 19.2 Å². The molecule has 1 heterocycles. The second-order valence-corrected chi connectivity index (χ2v) is 9.28. The molecule has 2 amide bonds. The van der Waals surface area contributed by atoms with Gasteiger partial charge in [0, 0.05) is 30.4 Å². The molecule has 170 valence electrons. The van der Waals surface area contributed by atoms with Crippen molar-refractivity contribution in [3.63, 3.8) is 0 Å². The molecule has 0 atom stereocenters. The van der Waals surface area contributed by atoms with Gasteiger partial charge in [0.1, 0.15) is 12.4 Å². The standard InChI is InChI=1S/C23H26ClN3O5/c1-14(2)9-10-26-19-8-5-15(11-20(19)32-13-23(3,4)22(26)29)25-21(28)17-7-6-16(27(30)31)12-18(17)24/h5-8,11-12,14H,9-10,13H2,1-4H3,(H,25,28). The zero-order chi connectivity index (χ0) is 23.6. The third-order valence-electron chi connectivity index (χ3n) is 5.26. The van der Waals surface area contributed by atoms with Crippen LogP contribution in [-0.4, -0.2) is 29.9 Å². The van der Waals surface area contributed by atoms with Gasteiger partial charge in [-0.25, -0.2) is 0 Å². The number of hydrogen-bond acceptors (Lipinski definition) is 5. The lowest BCUT2D eigenvalue weighted by Crippen LogP contribution is -2.42. The number of nitrogens with one attached hydrogen (secondary N) is 1. The van der Waals surface area contributed by atoms with Gasteiger partial charge >= 0.3 is 0 Å². The number of non-ortho nitro benzene ring substituents is 1. The molecule has 0 radical (unpaired) electrons. The lowest BCUT2D eigenvalue weighted by atomic mass is 9.92. The Morgan fingerprint density at radius 1 is 1.28 bits per heavy atom. The van der Waals surface area contributed by atoms with Crippen LogP contribution in [0.4, 0.5) is 17.1 Å². The molecule has 3 rings (SSSR count). The number of carbonyl (C=O) groups is 2. The average molecular weight is 460 g/mol. The van der Waals surface area contributed by atoms with Crippen molar-refractivity contribution in [1.29, 1.82) is 0 Å². The van der Waals surface area contributed by atoms with Crippen molar-refractivity contribution in [3.8, 4) is 5.75 Å². The summed E-state index contributed by atoms with van der Waals surface area (Å²) in [5.41, 5.74) is 0.347. The molecule has 1 aliphatic rings. The normalized spacial score (nSPS) is 15.1. The first-order valence-electron chi connectivity index (χ1n) is 10.3. The van der Waals surface area contributed by atoms with E-state index in [0.29, 0.717) is 29.6 Å². The Morgan fingerprint density at radius 3 is 2.62 bits per heavy atom. The Labute approximate surface area is 191 Å². The summed E-state index contributed by atoms with van der Waals surface area (Å²) in [6.07, 6.45) is 0.846. The number of carbonyl (C=O) groups excluding carboxylic acids is 2. The van der Waals surface area contributed by atoms with Crippen molar-refractivity contribution in [1.82, 2.24) is 0 Å². The van der Waals surface area contributed by atoms with E-state index >= 15 is 0 Å². The number of fused-ring (bicyclic) bond motifs is 1. The molecule has 0 saturated heterocycles. The molecule has 2 aromatic carbocycles. The van der Waals surface area contributed by atoms with Crippen molar-refractivity contribution in [2.75, 3.05) is 23.4 Å². The number of halogens is 1. The molecular formula is C23H26ClN3O5. The Morgan fingerprint density at radius 2 is 2.00 bits per heavy atom. The monoisotopic (exact) mass is 459 g/mol. The van der Waals surface area contributed by atoms with Gasteiger partial charge in [0.25, 0.3) is 11.6 Å². The smallest absolute Gasteiger partial charge is 0.270 e. The highest BCUT2D eigenvalue weighted by molar-refractivity contribution is 6.34. The van der Waals surface area contributed by atoms with E-state index in [1.165, 1.54) is 12.1 Å². The van der Waals surface area contributed by atoms with Crippen LogP contribution in [0.25, 0.3) is 0 Å². The van der Waals surface area contributed by atoms with Crippen molar-refractivity contribution >= 4 is 40.5 Å². The van der Waals surface area contributed by atoms with Crippen molar-refractivity contribution in [3.05, 3.63) is 57.1 Å². The summed E-state index contributed by atoms with van der Waals surface area (Å²) in [7, 11) is 0. The van der Waals surface area contributed by atoms with Gasteiger partial charge in [-0.15, -0.1) is 0 Å². The van der Waals surface area contributed by atoms with Gasteiger partial charge in [-0.3, -0.25) is 19.7 Å². The fraction of sp³-hybridized carbons (Fsp3) is 0.391. The molecule has 0 unspecified atom stereocenters. The fourth-order valence-electron chi connectivity index (χ4n) is 3.33. The number of amides is 2. The first-order valence-corrected chi connectivity index (χ1v) is 10.7. The summed E-state index contributed by atoms with van der Waals surface area (Å²) in [6.45, 7) is 8.69. The molecule has 2 aromatic rings. The van der Waals surface area contributed by atoms with Gasteiger partial charge in [0.05, 0.1) is 26.6 Å². The number of anilines is 2. The summed E-state index contributed by atoms with van der Waals surface area (Å²) in [4.78, 5) is 37.8. The van der Waals surface area contributed by atoms with E-state index in [0.717, 1.165) is 12.5 Å². The molecule has 0 saturated carbocycles. The van der Waals surface area contributed by atoms with E-state index in [1.54, 1.807) is 23.1 Å². The number of benzene rings is 2. The number of nitro groups is 1. The number of rotatable bonds is 6. The van der Waals surface area contributed by atoms with E-state index in [4.69, 9.17) is 16.3 Å². The minimum atomic E-state index is -0.689. The van der Waals surface area contributed by atoms with Crippen molar-refractivity contribution in [2.24, 2.45) is 11.3 Å². The topological polar surface area (TPSA) is 102 Å². The molecule has 0 aliphatic carbocycles. The molecule has 1 aliphatic heterocycles. The molecule has 1 N–H and O–H groups in total. The van der Waals surface area contributed by atoms with E-state index in [-0.39, 0.29) is 28.8 Å². The Bertz CT molecular complexity index is 1070. The molecule has 32 heavy (non-hydrogen) atoms. The molecule has 9 heteroatoms. The third-order valence-corrected chi connectivity index (χ3v) is 5.57. The number of hydrogen-bond donors (Lipinski definition) is 1. The number of ether oxygens (including phenoxy) is 1. The quantitative estimate of drug-likeness (QED) is 0.466. The van der Waals surface area contributed by atoms with Crippen LogP contribution in [0.1, 0.15) is 44.5 Å². The maximum absolute atomic E-state index is 13.1. The van der Waals surface area contributed by atoms with E-state index in [9.17, 15) is 19.7 Å². The predicted molar refractivity (Wildman–Crippen MR) is 124 cm³/mol. The van der Waals surface area contributed by atoms with E-state index < -0.39 is 16.2 Å². The van der Waals surface area contributed by atoms with Crippen LogP contribution in [0.3, 0.4) is 0 Å². The number of nitro benzene ring substituents is 1. The molecule has 0 spiro atoms. The van der Waals surface area contributed by atoms with E-state index in [1.807, 2.05) is 13.8 Å². The van der Waals surface area contributed by atoms with Crippen LogP contribution in [0.2, 0.25) is 5.02 Å². The van der Waals surface area contributed by atoms with Crippen LogP contribution >= 0.6 is 11.6 Å². The molecule has 0 bridgehead atoms. The van der Waals surface area contributed by atoms with Crippen LogP contribution in [-0.2, 0) is 4.79 Å². The first kappa shape index (κ1) is 23.5. The van der Waals surface area contributed by atoms with Gasteiger partial charge < -0.3 is 15.0 Å². The van der Waals surface area contributed by atoms with Gasteiger partial charge in [-0.1, -0.05) is 25.4 Å². The second kappa shape index (κ2) is 9.16. The first-order chi connectivity index (χ1) is 15.0. The second-order valence-electron chi connectivity index (χ2n) is 8.87. The van der Waals surface area contributed by atoms with Crippen LogP contribution in [0.15, 0.2) is 36.4 Å². The minimum Gasteiger partial charge on any atom is -0.490 e. The lowest BCUT2D eigenvalue weighted by Gasteiger charge is -2.28. The van der Waals surface area contributed by atoms with Gasteiger partial charge in [-0.2, -0.15) is 0 Å². The van der Waals surface area contributed by atoms with Crippen LogP contribution in [0, 0.1) is 21.4 Å². The summed E-state index contributed by atoms with van der Waals surface area (Å²) in [6, 6.07) is 8.78. The van der Waals surface area contributed by atoms with Gasteiger partial charge in [0.15, 0.2) is 0 Å². The highest BCUT2D eigenvalue weighted by Crippen LogP contribution is 2.38.